The highest BCUT2D eigenvalue weighted by molar-refractivity contribution is 4.24. The van der Waals surface area contributed by atoms with Gasteiger partial charge in [0.25, 0.3) is 0 Å². The summed E-state index contributed by atoms with van der Waals surface area (Å²) in [6.45, 7) is 56.5. The van der Waals surface area contributed by atoms with E-state index < -0.39 is 0 Å². The van der Waals surface area contributed by atoms with Gasteiger partial charge >= 0.3 is 0 Å². The predicted molar refractivity (Wildman–Crippen MR) is 133 cm³/mol. The Balaban J connectivity index is -0.0000000109. The van der Waals surface area contributed by atoms with Crippen molar-refractivity contribution in [3.05, 3.63) is 118 Å². The first-order valence-electron chi connectivity index (χ1n) is 7.04. The summed E-state index contributed by atoms with van der Waals surface area (Å²) in [5.74, 6) is 0. The first-order chi connectivity index (χ1) is 12.8. The molecule has 0 aromatic rings. The zero-order valence-corrected chi connectivity index (χ0v) is 18.2. The fraction of sp³-hybridized carbons (Fsp3) is 0.217. The maximum atomic E-state index is 7.94. The second kappa shape index (κ2) is 4410. The SMILES string of the molecule is C=C.C=C.C=C.C=C.C=C.C=C.C=C.C=C.C=C.CCO.COCCO. The summed E-state index contributed by atoms with van der Waals surface area (Å²) in [4.78, 5) is 0. The number of ether oxygens (including phenoxy) is 1. The molecule has 0 aliphatic heterocycles. The van der Waals surface area contributed by atoms with Gasteiger partial charge in [-0.05, 0) is 6.92 Å². The van der Waals surface area contributed by atoms with E-state index >= 15 is 0 Å². The van der Waals surface area contributed by atoms with Crippen molar-refractivity contribution in [3.8, 4) is 0 Å². The van der Waals surface area contributed by atoms with Crippen LogP contribution in [0.25, 0.3) is 0 Å². The Morgan fingerprint density at radius 1 is 0.500 bits per heavy atom. The number of aliphatic hydroxyl groups excluding tert-OH is 2. The van der Waals surface area contributed by atoms with Crippen molar-refractivity contribution in [2.75, 3.05) is 26.9 Å². The summed E-state index contributed by atoms with van der Waals surface area (Å²) in [6.07, 6.45) is 0. The van der Waals surface area contributed by atoms with Gasteiger partial charge in [-0.15, -0.1) is 118 Å². The molecule has 0 spiro atoms. The molecular formula is C23H50O3. The number of methoxy groups -OCH3 is 1. The predicted octanol–water partition coefficient (Wildman–Crippen LogP) is 6.84. The summed E-state index contributed by atoms with van der Waals surface area (Å²) in [5.41, 5.74) is 0. The lowest BCUT2D eigenvalue weighted by Crippen LogP contribution is -1.91. The minimum atomic E-state index is 0.122. The third-order valence-corrected chi connectivity index (χ3v) is 0.295. The van der Waals surface area contributed by atoms with Crippen molar-refractivity contribution in [2.24, 2.45) is 0 Å². The third-order valence-electron chi connectivity index (χ3n) is 0.295. The molecule has 2 N–H and O–H groups in total. The summed E-state index contributed by atoms with van der Waals surface area (Å²) in [6, 6.07) is 0. The molecule has 0 unspecified atom stereocenters. The highest BCUT2D eigenvalue weighted by Gasteiger charge is 1.67. The molecule has 0 aliphatic rings. The standard InChI is InChI=1S/C3H8O2.C2H6O.9C2H4/c1-5-3-2-4;1-2-3;9*1-2/h4H,2-3H2,1H3;3H,2H2,1H3;9*1-2H2. The van der Waals surface area contributed by atoms with Crippen LogP contribution in [0.4, 0.5) is 0 Å². The molecule has 26 heavy (non-hydrogen) atoms. The smallest absolute Gasteiger partial charge is 0.0693 e. The summed E-state index contributed by atoms with van der Waals surface area (Å²) >= 11 is 0. The quantitative estimate of drug-likeness (QED) is 0.520. The van der Waals surface area contributed by atoms with Crippen molar-refractivity contribution < 1.29 is 14.9 Å². The fourth-order valence-electron chi connectivity index (χ4n) is 0.0913. The topological polar surface area (TPSA) is 49.7 Å². The average molecular weight is 375 g/mol. The van der Waals surface area contributed by atoms with Gasteiger partial charge in [0, 0.05) is 13.7 Å². The molecule has 0 saturated carbocycles. The maximum Gasteiger partial charge on any atom is 0.0693 e. The first kappa shape index (κ1) is 76.1. The Hall–Kier alpha value is -2.46. The van der Waals surface area contributed by atoms with Crippen LogP contribution in [-0.4, -0.2) is 37.1 Å². The molecule has 0 aliphatic carbocycles. The molecule has 0 fully saturated rings. The summed E-state index contributed by atoms with van der Waals surface area (Å²) < 4.78 is 4.44. The highest BCUT2D eigenvalue weighted by Crippen LogP contribution is 1.56. The lowest BCUT2D eigenvalue weighted by atomic mass is 10.8. The molecule has 0 saturated heterocycles. The van der Waals surface area contributed by atoms with Crippen molar-refractivity contribution >= 4 is 0 Å². The minimum absolute atomic E-state index is 0.122. The van der Waals surface area contributed by atoms with Crippen LogP contribution in [0.5, 0.6) is 0 Å². The van der Waals surface area contributed by atoms with Crippen LogP contribution in [-0.2, 0) is 4.74 Å². The molecule has 3 heteroatoms. The van der Waals surface area contributed by atoms with Crippen LogP contribution < -0.4 is 0 Å². The van der Waals surface area contributed by atoms with Crippen molar-refractivity contribution in [3.63, 3.8) is 0 Å². The average Bonchev–Trinajstić information content (AvgIpc) is 2.82. The van der Waals surface area contributed by atoms with E-state index in [-0.39, 0.29) is 13.2 Å². The molecule has 0 aromatic carbocycles. The molecule has 0 aromatic heterocycles. The van der Waals surface area contributed by atoms with Gasteiger partial charge in [-0.25, -0.2) is 0 Å². The Labute approximate surface area is 167 Å². The Morgan fingerprint density at radius 3 is 0.615 bits per heavy atom. The number of hydrogen-bond donors (Lipinski definition) is 2. The van der Waals surface area contributed by atoms with E-state index in [0.717, 1.165) is 0 Å². The molecule has 0 rings (SSSR count). The molecule has 0 amide bonds. The van der Waals surface area contributed by atoms with Gasteiger partial charge in [0.15, 0.2) is 0 Å². The van der Waals surface area contributed by atoms with E-state index in [1.54, 1.807) is 14.0 Å². The van der Waals surface area contributed by atoms with Gasteiger partial charge in [-0.2, -0.15) is 0 Å². The van der Waals surface area contributed by atoms with Gasteiger partial charge in [0.2, 0.25) is 0 Å². The van der Waals surface area contributed by atoms with Crippen LogP contribution in [0.15, 0.2) is 118 Å². The summed E-state index contributed by atoms with van der Waals surface area (Å²) in [7, 11) is 1.55. The minimum Gasteiger partial charge on any atom is -0.397 e. The fourth-order valence-corrected chi connectivity index (χ4v) is 0.0913. The van der Waals surface area contributed by atoms with Gasteiger partial charge in [-0.3, -0.25) is 0 Å². The van der Waals surface area contributed by atoms with Crippen LogP contribution in [0, 0.1) is 0 Å². The zero-order valence-electron chi connectivity index (χ0n) is 18.2. The van der Waals surface area contributed by atoms with E-state index in [9.17, 15) is 0 Å². The molecule has 0 atom stereocenters. The Morgan fingerprint density at radius 2 is 0.615 bits per heavy atom. The van der Waals surface area contributed by atoms with E-state index in [1.807, 2.05) is 0 Å². The van der Waals surface area contributed by atoms with Gasteiger partial charge in [0.05, 0.1) is 13.2 Å². The van der Waals surface area contributed by atoms with E-state index in [1.165, 1.54) is 0 Å². The van der Waals surface area contributed by atoms with Crippen LogP contribution in [0.3, 0.4) is 0 Å². The van der Waals surface area contributed by atoms with Gasteiger partial charge in [0.1, 0.15) is 0 Å². The lowest BCUT2D eigenvalue weighted by molar-refractivity contribution is 0.135. The van der Waals surface area contributed by atoms with Crippen LogP contribution in [0.2, 0.25) is 0 Å². The van der Waals surface area contributed by atoms with E-state index in [2.05, 4.69) is 123 Å². The van der Waals surface area contributed by atoms with Gasteiger partial charge in [-0.1, -0.05) is 0 Å². The van der Waals surface area contributed by atoms with Crippen LogP contribution in [0.1, 0.15) is 6.92 Å². The lowest BCUT2D eigenvalue weighted by Gasteiger charge is -1.84. The third kappa shape index (κ3) is 42900. The number of rotatable bonds is 2. The number of hydrogen-bond acceptors (Lipinski definition) is 3. The summed E-state index contributed by atoms with van der Waals surface area (Å²) in [5, 5.41) is 15.5. The van der Waals surface area contributed by atoms with E-state index in [4.69, 9.17) is 10.2 Å². The molecule has 0 heterocycles. The van der Waals surface area contributed by atoms with Gasteiger partial charge < -0.3 is 14.9 Å². The van der Waals surface area contributed by atoms with Crippen molar-refractivity contribution in [2.45, 2.75) is 6.92 Å². The van der Waals surface area contributed by atoms with E-state index in [0.29, 0.717) is 6.61 Å². The second-order valence-corrected chi connectivity index (χ2v) is 1.03. The van der Waals surface area contributed by atoms with Crippen LogP contribution >= 0.6 is 0 Å². The molecular weight excluding hydrogens is 324 g/mol. The maximum absolute atomic E-state index is 7.94. The second-order valence-electron chi connectivity index (χ2n) is 1.03. The largest absolute Gasteiger partial charge is 0.397 e. The Bertz CT molecular complexity index is 79.1. The molecule has 0 radical (unpaired) electrons. The van der Waals surface area contributed by atoms with Crippen molar-refractivity contribution in [1.29, 1.82) is 0 Å². The van der Waals surface area contributed by atoms with Crippen molar-refractivity contribution in [1.82, 2.24) is 0 Å². The molecule has 160 valence electrons. The zero-order chi connectivity index (χ0) is 24.8. The monoisotopic (exact) mass is 374 g/mol. The normalized spacial score (nSPS) is 3.69. The highest BCUT2D eigenvalue weighted by atomic mass is 16.5. The Kier molecular flexibility index (Phi) is 12900. The molecule has 3 nitrogen and oxygen atoms in total. The first-order valence-corrected chi connectivity index (χ1v) is 7.04. The number of aliphatic hydroxyl groups is 2. The molecule has 0 bridgehead atoms.